The average molecular weight is 247 g/mol. The summed E-state index contributed by atoms with van der Waals surface area (Å²) in [5, 5.41) is 2.74. The van der Waals surface area contributed by atoms with Crippen LogP contribution in [0.1, 0.15) is 20.1 Å². The zero-order valence-corrected chi connectivity index (χ0v) is 10.5. The highest BCUT2D eigenvalue weighted by Crippen LogP contribution is 2.24. The average Bonchev–Trinajstić information content (AvgIpc) is 2.59. The van der Waals surface area contributed by atoms with E-state index in [0.29, 0.717) is 16.4 Å². The predicted molar refractivity (Wildman–Crippen MR) is 70.4 cm³/mol. The highest BCUT2D eigenvalue weighted by Gasteiger charge is 2.11. The third-order valence-corrected chi connectivity index (χ3v) is 3.40. The van der Waals surface area contributed by atoms with Gasteiger partial charge in [0, 0.05) is 16.8 Å². The third-order valence-electron chi connectivity index (χ3n) is 2.34. The number of amides is 1. The molecule has 2 heterocycles. The number of thiophene rings is 1. The third kappa shape index (κ3) is 2.62. The van der Waals surface area contributed by atoms with E-state index in [0.717, 1.165) is 10.4 Å². The van der Waals surface area contributed by atoms with Crippen LogP contribution in [0.4, 0.5) is 11.5 Å². The number of carbonyl (C=O) groups is 1. The van der Waals surface area contributed by atoms with Crippen molar-refractivity contribution in [2.24, 2.45) is 0 Å². The SMILES string of the molecule is Cc1ccnc(NC(=O)c2cc(N)c(C)s2)c1. The maximum atomic E-state index is 11.9. The maximum Gasteiger partial charge on any atom is 0.266 e. The lowest BCUT2D eigenvalue weighted by Gasteiger charge is -2.02. The molecule has 0 aromatic carbocycles. The normalized spacial score (nSPS) is 10.2. The van der Waals surface area contributed by atoms with Gasteiger partial charge in [-0.3, -0.25) is 4.79 Å². The number of carbonyl (C=O) groups excluding carboxylic acids is 1. The second-order valence-electron chi connectivity index (χ2n) is 3.79. The van der Waals surface area contributed by atoms with Crippen LogP contribution >= 0.6 is 11.3 Å². The molecule has 0 fully saturated rings. The van der Waals surface area contributed by atoms with Crippen LogP contribution in [0.2, 0.25) is 0 Å². The van der Waals surface area contributed by atoms with Crippen LogP contribution in [0, 0.1) is 13.8 Å². The fourth-order valence-electron chi connectivity index (χ4n) is 1.39. The molecule has 0 radical (unpaired) electrons. The van der Waals surface area contributed by atoms with Crippen molar-refractivity contribution in [2.75, 3.05) is 11.1 Å². The first-order valence-electron chi connectivity index (χ1n) is 5.16. The molecule has 2 aromatic rings. The largest absolute Gasteiger partial charge is 0.398 e. The molecule has 0 unspecified atom stereocenters. The monoisotopic (exact) mass is 247 g/mol. The number of nitrogens with zero attached hydrogens (tertiary/aromatic N) is 1. The summed E-state index contributed by atoms with van der Waals surface area (Å²) in [7, 11) is 0. The van der Waals surface area contributed by atoms with Gasteiger partial charge in [-0.1, -0.05) is 0 Å². The number of anilines is 2. The topological polar surface area (TPSA) is 68.0 Å². The molecule has 3 N–H and O–H groups in total. The summed E-state index contributed by atoms with van der Waals surface area (Å²) in [4.78, 5) is 17.5. The predicted octanol–water partition coefficient (Wildman–Crippen LogP) is 2.59. The van der Waals surface area contributed by atoms with Gasteiger partial charge in [0.15, 0.2) is 0 Å². The second-order valence-corrected chi connectivity index (χ2v) is 5.05. The van der Waals surface area contributed by atoms with E-state index >= 15 is 0 Å². The van der Waals surface area contributed by atoms with Gasteiger partial charge in [-0.15, -0.1) is 11.3 Å². The van der Waals surface area contributed by atoms with Gasteiger partial charge in [-0.25, -0.2) is 4.98 Å². The Kier molecular flexibility index (Phi) is 3.10. The quantitative estimate of drug-likeness (QED) is 0.857. The summed E-state index contributed by atoms with van der Waals surface area (Å²) < 4.78 is 0. The lowest BCUT2D eigenvalue weighted by Crippen LogP contribution is -2.11. The summed E-state index contributed by atoms with van der Waals surface area (Å²) in [5.74, 6) is 0.382. The molecule has 1 amide bonds. The molecule has 88 valence electrons. The fraction of sp³-hybridized carbons (Fsp3) is 0.167. The van der Waals surface area contributed by atoms with Crippen LogP contribution in [0.3, 0.4) is 0 Å². The molecule has 0 spiro atoms. The molecule has 2 aromatic heterocycles. The van der Waals surface area contributed by atoms with Crippen molar-refractivity contribution in [3.05, 3.63) is 39.7 Å². The van der Waals surface area contributed by atoms with Crippen LogP contribution in [0.5, 0.6) is 0 Å². The molecule has 5 heteroatoms. The lowest BCUT2D eigenvalue weighted by atomic mass is 10.3. The molecule has 0 bridgehead atoms. The van der Waals surface area contributed by atoms with Gasteiger partial charge in [0.1, 0.15) is 5.82 Å². The number of hydrogen-bond acceptors (Lipinski definition) is 4. The Bertz CT molecular complexity index is 543. The van der Waals surface area contributed by atoms with Gasteiger partial charge in [0.05, 0.1) is 4.88 Å². The molecule has 0 saturated carbocycles. The summed E-state index contributed by atoms with van der Waals surface area (Å²) in [6, 6.07) is 5.38. The number of aromatic nitrogens is 1. The van der Waals surface area contributed by atoms with Crippen LogP contribution in [0.25, 0.3) is 0 Å². The van der Waals surface area contributed by atoms with Gasteiger partial charge in [0.25, 0.3) is 5.91 Å². The van der Waals surface area contributed by atoms with Crippen LogP contribution in [0.15, 0.2) is 24.4 Å². The molecule has 0 aliphatic heterocycles. The van der Waals surface area contributed by atoms with E-state index < -0.39 is 0 Å². The molecule has 2 rings (SSSR count). The number of nitrogens with one attached hydrogen (secondary N) is 1. The van der Waals surface area contributed by atoms with Crippen molar-refractivity contribution in [3.8, 4) is 0 Å². The van der Waals surface area contributed by atoms with E-state index in [4.69, 9.17) is 5.73 Å². The van der Waals surface area contributed by atoms with Crippen LogP contribution < -0.4 is 11.1 Å². The number of rotatable bonds is 2. The second kappa shape index (κ2) is 4.55. The number of pyridine rings is 1. The smallest absolute Gasteiger partial charge is 0.266 e. The molecule has 0 aliphatic rings. The highest BCUT2D eigenvalue weighted by atomic mass is 32.1. The first kappa shape index (κ1) is 11.6. The van der Waals surface area contributed by atoms with E-state index in [9.17, 15) is 4.79 Å². The van der Waals surface area contributed by atoms with Crippen molar-refractivity contribution in [1.82, 2.24) is 4.98 Å². The molecule has 0 saturated heterocycles. The zero-order valence-electron chi connectivity index (χ0n) is 9.65. The Morgan fingerprint density at radius 3 is 2.76 bits per heavy atom. The van der Waals surface area contributed by atoms with Gasteiger partial charge in [0.2, 0.25) is 0 Å². The van der Waals surface area contributed by atoms with E-state index in [1.54, 1.807) is 12.3 Å². The van der Waals surface area contributed by atoms with Crippen LogP contribution in [-0.2, 0) is 0 Å². The maximum absolute atomic E-state index is 11.9. The number of hydrogen-bond donors (Lipinski definition) is 2. The van der Waals surface area contributed by atoms with Crippen molar-refractivity contribution in [3.63, 3.8) is 0 Å². The van der Waals surface area contributed by atoms with Crippen molar-refractivity contribution >= 4 is 28.7 Å². The van der Waals surface area contributed by atoms with E-state index in [1.807, 2.05) is 26.0 Å². The van der Waals surface area contributed by atoms with Crippen molar-refractivity contribution in [2.45, 2.75) is 13.8 Å². The zero-order chi connectivity index (χ0) is 12.4. The Morgan fingerprint density at radius 1 is 1.41 bits per heavy atom. The Hall–Kier alpha value is -1.88. The summed E-state index contributed by atoms with van der Waals surface area (Å²) in [5.41, 5.74) is 7.41. The van der Waals surface area contributed by atoms with Gasteiger partial charge in [-0.2, -0.15) is 0 Å². The lowest BCUT2D eigenvalue weighted by molar-refractivity contribution is 0.103. The summed E-state index contributed by atoms with van der Waals surface area (Å²) in [6.07, 6.45) is 1.67. The minimum absolute atomic E-state index is 0.173. The standard InChI is InChI=1S/C12H13N3OS/c1-7-3-4-14-11(5-7)15-12(16)10-6-9(13)8(2)17-10/h3-6H,13H2,1-2H3,(H,14,15,16). The molecule has 4 nitrogen and oxygen atoms in total. The number of aryl methyl sites for hydroxylation is 2. The first-order chi connectivity index (χ1) is 8.06. The minimum atomic E-state index is -0.173. The van der Waals surface area contributed by atoms with Crippen molar-refractivity contribution in [1.29, 1.82) is 0 Å². The number of nitrogen functional groups attached to an aromatic ring is 1. The highest BCUT2D eigenvalue weighted by molar-refractivity contribution is 7.14. The molecule has 0 aliphatic carbocycles. The van der Waals surface area contributed by atoms with E-state index in [-0.39, 0.29) is 5.91 Å². The summed E-state index contributed by atoms with van der Waals surface area (Å²) in [6.45, 7) is 3.84. The van der Waals surface area contributed by atoms with E-state index in [1.165, 1.54) is 11.3 Å². The minimum Gasteiger partial charge on any atom is -0.398 e. The van der Waals surface area contributed by atoms with Gasteiger partial charge < -0.3 is 11.1 Å². The van der Waals surface area contributed by atoms with Crippen LogP contribution in [-0.4, -0.2) is 10.9 Å². The Morgan fingerprint density at radius 2 is 2.18 bits per heavy atom. The van der Waals surface area contributed by atoms with Crippen molar-refractivity contribution < 1.29 is 4.79 Å². The first-order valence-corrected chi connectivity index (χ1v) is 5.98. The Balaban J connectivity index is 2.17. The number of nitrogens with two attached hydrogens (primary N) is 1. The van der Waals surface area contributed by atoms with Gasteiger partial charge in [-0.05, 0) is 37.6 Å². The molecule has 0 atom stereocenters. The fourth-order valence-corrected chi connectivity index (χ4v) is 2.23. The molecule has 17 heavy (non-hydrogen) atoms. The molecular formula is C12H13N3OS. The van der Waals surface area contributed by atoms with E-state index in [2.05, 4.69) is 10.3 Å². The Labute approximate surface area is 103 Å². The molecular weight excluding hydrogens is 234 g/mol. The van der Waals surface area contributed by atoms with Gasteiger partial charge >= 0.3 is 0 Å². The summed E-state index contributed by atoms with van der Waals surface area (Å²) >= 11 is 1.38.